The molecule has 0 amide bonds. The lowest BCUT2D eigenvalue weighted by molar-refractivity contribution is 0.431. The monoisotopic (exact) mass is 367 g/mol. The summed E-state index contributed by atoms with van der Waals surface area (Å²) < 4.78 is 5.34. The second kappa shape index (κ2) is 6.55. The zero-order chi connectivity index (χ0) is 18.9. The molecule has 0 saturated carbocycles. The fourth-order valence-electron chi connectivity index (χ4n) is 3.04. The number of nitrogens with one attached hydrogen (secondary N) is 1. The first kappa shape index (κ1) is 16.1. The zero-order valence-electron chi connectivity index (χ0n) is 14.5. The summed E-state index contributed by atoms with van der Waals surface area (Å²) in [4.78, 5) is 28.2. The number of aromatic amines is 1. The predicted octanol–water partition coefficient (Wildman–Crippen LogP) is 3.70. The van der Waals surface area contributed by atoms with Crippen LogP contribution in [0.1, 0.15) is 0 Å². The minimum absolute atomic E-state index is 0.115. The van der Waals surface area contributed by atoms with Gasteiger partial charge in [0.25, 0.3) is 11.4 Å². The third-order valence-corrected chi connectivity index (χ3v) is 4.43. The highest BCUT2D eigenvalue weighted by Gasteiger charge is 2.16. The largest absolute Gasteiger partial charge is 0.333 e. The molecule has 0 fully saturated rings. The number of fused-ring (bicyclic) bond motifs is 1. The Balaban J connectivity index is 1.56. The van der Waals surface area contributed by atoms with Crippen molar-refractivity contribution in [1.29, 1.82) is 0 Å². The Morgan fingerprint density at radius 2 is 1.79 bits per heavy atom. The minimum Gasteiger partial charge on any atom is -0.333 e. The quantitative estimate of drug-likeness (QED) is 0.522. The molecule has 0 radical (unpaired) electrons. The Morgan fingerprint density at radius 3 is 2.64 bits per heavy atom. The fraction of sp³-hybridized carbons (Fsp3) is 0. The van der Waals surface area contributed by atoms with Crippen LogP contribution >= 0.6 is 0 Å². The molecule has 0 aliphatic heterocycles. The lowest BCUT2D eigenvalue weighted by atomic mass is 10.1. The molecule has 0 atom stereocenters. The fourth-order valence-corrected chi connectivity index (χ4v) is 3.04. The van der Waals surface area contributed by atoms with Gasteiger partial charge in [0.15, 0.2) is 0 Å². The molecular formula is C21H13N5O2. The van der Waals surface area contributed by atoms with Gasteiger partial charge in [0.1, 0.15) is 11.4 Å². The van der Waals surface area contributed by atoms with Gasteiger partial charge >= 0.3 is 0 Å². The summed E-state index contributed by atoms with van der Waals surface area (Å²) in [7, 11) is 0. The van der Waals surface area contributed by atoms with Gasteiger partial charge in [-0.3, -0.25) is 9.78 Å². The van der Waals surface area contributed by atoms with Crippen molar-refractivity contribution in [3.05, 3.63) is 83.5 Å². The second-order valence-electron chi connectivity index (χ2n) is 6.17. The molecule has 0 saturated heterocycles. The normalized spacial score (nSPS) is 11.0. The van der Waals surface area contributed by atoms with Crippen molar-refractivity contribution in [1.82, 2.24) is 25.1 Å². The van der Waals surface area contributed by atoms with E-state index in [9.17, 15) is 4.79 Å². The molecule has 5 aromatic rings. The molecule has 0 unspecified atom stereocenters. The van der Waals surface area contributed by atoms with Crippen LogP contribution in [0, 0.1) is 0 Å². The Hall–Kier alpha value is -4.13. The first-order chi connectivity index (χ1) is 13.8. The van der Waals surface area contributed by atoms with E-state index in [1.54, 1.807) is 12.4 Å². The molecule has 134 valence electrons. The summed E-state index contributed by atoms with van der Waals surface area (Å²) in [5.41, 5.74) is 1.48. The van der Waals surface area contributed by atoms with Crippen LogP contribution in [0.4, 0.5) is 0 Å². The Labute approximate surface area is 158 Å². The molecule has 28 heavy (non-hydrogen) atoms. The van der Waals surface area contributed by atoms with Gasteiger partial charge in [-0.15, -0.1) is 0 Å². The van der Waals surface area contributed by atoms with E-state index in [2.05, 4.69) is 25.1 Å². The topological polar surface area (TPSA) is 97.6 Å². The molecule has 7 heteroatoms. The first-order valence-corrected chi connectivity index (χ1v) is 8.61. The highest BCUT2D eigenvalue weighted by molar-refractivity contribution is 5.94. The smallest absolute Gasteiger partial charge is 0.265 e. The van der Waals surface area contributed by atoms with Crippen LogP contribution in [0.25, 0.3) is 45.0 Å². The van der Waals surface area contributed by atoms with E-state index in [0.717, 1.165) is 21.9 Å². The summed E-state index contributed by atoms with van der Waals surface area (Å²) in [6.07, 6.45) is 4.93. The van der Waals surface area contributed by atoms with E-state index in [1.165, 1.54) is 6.20 Å². The maximum Gasteiger partial charge on any atom is 0.265 e. The molecule has 0 aliphatic rings. The lowest BCUT2D eigenvalue weighted by Crippen LogP contribution is -2.11. The van der Waals surface area contributed by atoms with Crippen molar-refractivity contribution < 1.29 is 4.52 Å². The van der Waals surface area contributed by atoms with Crippen molar-refractivity contribution in [3.8, 4) is 34.2 Å². The Kier molecular flexibility index (Phi) is 3.76. The van der Waals surface area contributed by atoms with Crippen molar-refractivity contribution in [2.45, 2.75) is 0 Å². The first-order valence-electron chi connectivity index (χ1n) is 8.61. The standard InChI is InChI=1S/C21H13N5O2/c27-20-17(12-23-18(24-20)14-5-2-1-3-6-14)21-25-19(26-28-21)15-8-4-7-13-9-10-22-11-16(13)15/h1-12H,(H,23,24,27). The van der Waals surface area contributed by atoms with Crippen LogP contribution in [0.3, 0.4) is 0 Å². The molecule has 0 spiro atoms. The molecule has 3 heterocycles. The van der Waals surface area contributed by atoms with Crippen LogP contribution < -0.4 is 5.56 Å². The predicted molar refractivity (Wildman–Crippen MR) is 104 cm³/mol. The van der Waals surface area contributed by atoms with Crippen molar-refractivity contribution in [3.63, 3.8) is 0 Å². The van der Waals surface area contributed by atoms with E-state index < -0.39 is 0 Å². The molecule has 0 bridgehead atoms. The SMILES string of the molecule is O=c1[nH]c(-c2ccccc2)ncc1-c1nc(-c2cccc3ccncc23)no1. The van der Waals surface area contributed by atoms with Crippen LogP contribution in [0.15, 0.2) is 82.5 Å². The van der Waals surface area contributed by atoms with Gasteiger partial charge in [-0.25, -0.2) is 4.98 Å². The molecule has 0 aliphatic carbocycles. The maximum atomic E-state index is 12.5. The number of hydrogen-bond donors (Lipinski definition) is 1. The van der Waals surface area contributed by atoms with Crippen molar-refractivity contribution in [2.75, 3.05) is 0 Å². The second-order valence-corrected chi connectivity index (χ2v) is 6.17. The zero-order valence-corrected chi connectivity index (χ0v) is 14.5. The van der Waals surface area contributed by atoms with Crippen LogP contribution in [-0.4, -0.2) is 25.1 Å². The molecule has 3 aromatic heterocycles. The minimum atomic E-state index is -0.344. The van der Waals surface area contributed by atoms with E-state index in [0.29, 0.717) is 11.6 Å². The summed E-state index contributed by atoms with van der Waals surface area (Å²) in [6.45, 7) is 0. The van der Waals surface area contributed by atoms with Crippen molar-refractivity contribution in [2.24, 2.45) is 0 Å². The lowest BCUT2D eigenvalue weighted by Gasteiger charge is -2.01. The third-order valence-electron chi connectivity index (χ3n) is 4.43. The van der Waals surface area contributed by atoms with E-state index in [-0.39, 0.29) is 17.0 Å². The van der Waals surface area contributed by atoms with Crippen LogP contribution in [-0.2, 0) is 0 Å². The number of pyridine rings is 1. The molecule has 5 rings (SSSR count). The average Bonchev–Trinajstić information content (AvgIpc) is 3.23. The van der Waals surface area contributed by atoms with Gasteiger partial charge in [0, 0.05) is 35.1 Å². The van der Waals surface area contributed by atoms with Gasteiger partial charge in [0.2, 0.25) is 5.82 Å². The van der Waals surface area contributed by atoms with Gasteiger partial charge in [-0.1, -0.05) is 53.7 Å². The number of rotatable bonds is 3. The summed E-state index contributed by atoms with van der Waals surface area (Å²) in [5, 5.41) is 5.97. The van der Waals surface area contributed by atoms with Gasteiger partial charge in [-0.2, -0.15) is 4.98 Å². The molecular weight excluding hydrogens is 354 g/mol. The summed E-state index contributed by atoms with van der Waals surface area (Å²) in [6, 6.07) is 17.1. The van der Waals surface area contributed by atoms with E-state index in [1.807, 2.05) is 54.6 Å². The number of H-pyrrole nitrogens is 1. The Bertz CT molecular complexity index is 1340. The third kappa shape index (κ3) is 2.75. The van der Waals surface area contributed by atoms with Gasteiger partial charge in [0.05, 0.1) is 0 Å². The van der Waals surface area contributed by atoms with Crippen molar-refractivity contribution >= 4 is 10.8 Å². The average molecular weight is 367 g/mol. The Morgan fingerprint density at radius 1 is 0.893 bits per heavy atom. The maximum absolute atomic E-state index is 12.5. The molecule has 2 aromatic carbocycles. The highest BCUT2D eigenvalue weighted by Crippen LogP contribution is 2.27. The van der Waals surface area contributed by atoms with E-state index >= 15 is 0 Å². The molecule has 1 N–H and O–H groups in total. The van der Waals surface area contributed by atoms with Crippen LogP contribution in [0.2, 0.25) is 0 Å². The number of hydrogen-bond acceptors (Lipinski definition) is 6. The molecule has 7 nitrogen and oxygen atoms in total. The highest BCUT2D eigenvalue weighted by atomic mass is 16.5. The van der Waals surface area contributed by atoms with Gasteiger partial charge in [-0.05, 0) is 11.5 Å². The van der Waals surface area contributed by atoms with Gasteiger partial charge < -0.3 is 9.51 Å². The number of benzene rings is 2. The van der Waals surface area contributed by atoms with Crippen LogP contribution in [0.5, 0.6) is 0 Å². The number of aromatic nitrogens is 5. The summed E-state index contributed by atoms with van der Waals surface area (Å²) >= 11 is 0. The number of nitrogens with zero attached hydrogens (tertiary/aromatic N) is 4. The van der Waals surface area contributed by atoms with E-state index in [4.69, 9.17) is 4.52 Å². The summed E-state index contributed by atoms with van der Waals surface area (Å²) in [5.74, 6) is 0.985.